The van der Waals surface area contributed by atoms with Gasteiger partial charge < -0.3 is 19.3 Å². The van der Waals surface area contributed by atoms with Gasteiger partial charge in [0, 0.05) is 54.3 Å². The van der Waals surface area contributed by atoms with E-state index in [1.54, 1.807) is 0 Å². The van der Waals surface area contributed by atoms with Crippen LogP contribution in [-0.2, 0) is 22.4 Å². The van der Waals surface area contributed by atoms with Gasteiger partial charge in [0.25, 0.3) is 0 Å². The molecule has 0 bridgehead atoms. The van der Waals surface area contributed by atoms with Crippen LogP contribution in [0, 0.1) is 27.7 Å². The predicted molar refractivity (Wildman–Crippen MR) is 238 cm³/mol. The van der Waals surface area contributed by atoms with E-state index < -0.39 is 0 Å². The molecule has 60 heavy (non-hydrogen) atoms. The molecule has 0 spiro atoms. The predicted octanol–water partition coefficient (Wildman–Crippen LogP) is 8.96. The van der Waals surface area contributed by atoms with Crippen molar-refractivity contribution in [3.8, 4) is 34.0 Å². The molecule has 0 saturated carbocycles. The molecule has 0 N–H and O–H groups in total. The first-order valence-corrected chi connectivity index (χ1v) is 21.8. The van der Waals surface area contributed by atoms with Crippen LogP contribution in [0.15, 0.2) is 60.7 Å². The van der Waals surface area contributed by atoms with E-state index in [1.807, 2.05) is 135 Å². The van der Waals surface area contributed by atoms with E-state index in [0.29, 0.717) is 39.4 Å². The molecule has 2 amide bonds. The van der Waals surface area contributed by atoms with E-state index in [-0.39, 0.29) is 24.7 Å². The van der Waals surface area contributed by atoms with Crippen LogP contribution in [0.4, 0.5) is 0 Å². The number of hydrogen-bond acceptors (Lipinski definition) is 8. The van der Waals surface area contributed by atoms with Crippen molar-refractivity contribution >= 4 is 23.1 Å². The molecule has 2 aromatic carbocycles. The molecule has 12 nitrogen and oxygen atoms in total. The molecule has 4 heterocycles. The van der Waals surface area contributed by atoms with Gasteiger partial charge in [-0.2, -0.15) is 10.2 Å². The minimum Gasteiger partial charge on any atom is -0.494 e. The molecule has 6 aromatic rings. The first kappa shape index (κ1) is 43.8. The molecule has 0 aliphatic carbocycles. The lowest BCUT2D eigenvalue weighted by atomic mass is 10.0. The molecular formula is C48H62N8O4. The minimum absolute atomic E-state index is 0.0695. The van der Waals surface area contributed by atoms with Gasteiger partial charge in [-0.05, 0) is 134 Å². The summed E-state index contributed by atoms with van der Waals surface area (Å²) in [6, 6.07) is 20.1. The first-order chi connectivity index (χ1) is 29.0. The summed E-state index contributed by atoms with van der Waals surface area (Å²) in [5.41, 5.74) is 10.4. The topological polar surface area (TPSA) is 119 Å². The molecule has 0 atom stereocenters. The number of aryl methyl sites for hydroxylation is 4. The van der Waals surface area contributed by atoms with Gasteiger partial charge in [-0.3, -0.25) is 9.59 Å². The number of ether oxygens (including phenoxy) is 2. The Morgan fingerprint density at radius 2 is 1.08 bits per heavy atom. The maximum Gasteiger partial charge on any atom is 0.228 e. The molecular weight excluding hydrogens is 753 g/mol. The summed E-state index contributed by atoms with van der Waals surface area (Å²) in [6.07, 6.45) is 6.99. The number of amides is 2. The number of unbranched alkanes of at least 4 members (excludes halogenated alkanes) is 5. The number of benzene rings is 2. The van der Waals surface area contributed by atoms with Crippen LogP contribution in [-0.4, -0.2) is 90.2 Å². The van der Waals surface area contributed by atoms with Gasteiger partial charge in [0.2, 0.25) is 11.8 Å². The fraction of sp³-hybridized carbons (Fsp3) is 0.458. The second kappa shape index (κ2) is 20.5. The Morgan fingerprint density at radius 1 is 0.567 bits per heavy atom. The van der Waals surface area contributed by atoms with E-state index in [1.165, 1.54) is 0 Å². The highest BCUT2D eigenvalue weighted by molar-refractivity contribution is 5.85. The quantitative estimate of drug-likeness (QED) is 0.0661. The molecule has 0 aliphatic heterocycles. The molecule has 0 radical (unpaired) electrons. The van der Waals surface area contributed by atoms with Crippen LogP contribution >= 0.6 is 0 Å². The number of aromatic nitrogens is 6. The monoisotopic (exact) mass is 814 g/mol. The van der Waals surface area contributed by atoms with Gasteiger partial charge in [0.05, 0.1) is 48.8 Å². The summed E-state index contributed by atoms with van der Waals surface area (Å²) in [7, 11) is 0. The van der Waals surface area contributed by atoms with Crippen molar-refractivity contribution < 1.29 is 19.1 Å². The largest absolute Gasteiger partial charge is 0.494 e. The average Bonchev–Trinajstić information content (AvgIpc) is 3.78. The molecule has 0 saturated heterocycles. The average molecular weight is 815 g/mol. The Hall–Kier alpha value is -5.78. The second-order valence-electron chi connectivity index (χ2n) is 15.6. The van der Waals surface area contributed by atoms with Crippen molar-refractivity contribution in [3.63, 3.8) is 0 Å². The molecule has 318 valence electrons. The van der Waals surface area contributed by atoms with Crippen molar-refractivity contribution in [2.75, 3.05) is 39.4 Å². The third kappa shape index (κ3) is 10.3. The Kier molecular flexibility index (Phi) is 14.9. The molecule has 0 fully saturated rings. The first-order valence-electron chi connectivity index (χ1n) is 21.8. The van der Waals surface area contributed by atoms with Crippen molar-refractivity contribution in [2.24, 2.45) is 0 Å². The highest BCUT2D eigenvalue weighted by Gasteiger charge is 2.23. The molecule has 12 heteroatoms. The number of carbonyl (C=O) groups excluding carboxylic acids is 2. The summed E-state index contributed by atoms with van der Waals surface area (Å²) in [6.45, 7) is 20.0. The number of imidazole rings is 1. The van der Waals surface area contributed by atoms with Gasteiger partial charge in [0.15, 0.2) is 11.3 Å². The van der Waals surface area contributed by atoms with Gasteiger partial charge in [-0.25, -0.2) is 19.0 Å². The van der Waals surface area contributed by atoms with Gasteiger partial charge in [0.1, 0.15) is 11.5 Å². The van der Waals surface area contributed by atoms with E-state index in [9.17, 15) is 9.59 Å². The maximum atomic E-state index is 13.2. The number of likely N-dealkylation sites (N-methyl/N-ethyl adjacent to an activating group) is 2. The third-order valence-electron chi connectivity index (χ3n) is 11.2. The SMILES string of the molecule is CCN(CC)C(=O)Cc1c(-c2ccc(OCCCCCCCCOc3ccc(-c4nc5c(C)cc(C)nn5c4CC(=O)N(CC)CC)cc3)cc2)nn2c(C)cc(C)nc12. The van der Waals surface area contributed by atoms with E-state index in [0.717, 1.165) is 118 Å². The molecule has 4 aromatic heterocycles. The third-order valence-corrected chi connectivity index (χ3v) is 11.2. The van der Waals surface area contributed by atoms with Crippen molar-refractivity contribution in [3.05, 3.63) is 94.6 Å². The fourth-order valence-electron chi connectivity index (χ4n) is 7.90. The van der Waals surface area contributed by atoms with Crippen molar-refractivity contribution in [1.82, 2.24) is 39.0 Å². The lowest BCUT2D eigenvalue weighted by molar-refractivity contribution is -0.130. The summed E-state index contributed by atoms with van der Waals surface area (Å²) in [4.78, 5) is 39.8. The minimum atomic E-state index is 0.0695. The number of carbonyl (C=O) groups is 2. The van der Waals surface area contributed by atoms with E-state index in [2.05, 4.69) is 0 Å². The lowest BCUT2D eigenvalue weighted by Gasteiger charge is -2.18. The van der Waals surface area contributed by atoms with Crippen LogP contribution in [0.1, 0.15) is 100 Å². The zero-order valence-corrected chi connectivity index (χ0v) is 36.9. The molecule has 6 rings (SSSR count). The van der Waals surface area contributed by atoms with Gasteiger partial charge >= 0.3 is 0 Å². The normalized spacial score (nSPS) is 11.4. The summed E-state index contributed by atoms with van der Waals surface area (Å²) in [5.74, 6) is 1.79. The highest BCUT2D eigenvalue weighted by Crippen LogP contribution is 2.30. The number of fused-ring (bicyclic) bond motifs is 2. The van der Waals surface area contributed by atoms with Crippen LogP contribution in [0.25, 0.3) is 33.8 Å². The van der Waals surface area contributed by atoms with Gasteiger partial charge in [-0.15, -0.1) is 0 Å². The van der Waals surface area contributed by atoms with Crippen molar-refractivity contribution in [1.29, 1.82) is 0 Å². The standard InChI is InChI=1S/C48H62N8O4/c1-9-53(10-2)43(57)31-41-45(52-55-36(8)30-34(6)49-48(41)55)37-19-23-39(24-20-37)59-27-17-15-13-14-16-18-28-60-40-25-21-38(22-26-40)46-42(32-44(58)54(11-3)12-4)56-47(50-46)33(5)29-35(7)51-56/h19-26,29-30H,9-18,27-28,31-32H2,1-8H3. The van der Waals surface area contributed by atoms with E-state index in [4.69, 9.17) is 29.6 Å². The fourth-order valence-corrected chi connectivity index (χ4v) is 7.90. The summed E-state index contributed by atoms with van der Waals surface area (Å²) < 4.78 is 15.9. The van der Waals surface area contributed by atoms with E-state index >= 15 is 0 Å². The number of rotatable bonds is 21. The molecule has 0 unspecified atom stereocenters. The van der Waals surface area contributed by atoms with Crippen molar-refractivity contribution in [2.45, 2.75) is 107 Å². The number of nitrogens with zero attached hydrogens (tertiary/aromatic N) is 8. The van der Waals surface area contributed by atoms with Crippen LogP contribution in [0.5, 0.6) is 11.5 Å². The van der Waals surface area contributed by atoms with Crippen LogP contribution in [0.2, 0.25) is 0 Å². The zero-order chi connectivity index (χ0) is 42.8. The second-order valence-corrected chi connectivity index (χ2v) is 15.6. The maximum absolute atomic E-state index is 13.2. The highest BCUT2D eigenvalue weighted by atomic mass is 16.5. The Bertz CT molecular complexity index is 2210. The molecule has 0 aliphatic rings. The summed E-state index contributed by atoms with van der Waals surface area (Å²) in [5, 5.41) is 9.66. The zero-order valence-electron chi connectivity index (χ0n) is 36.9. The summed E-state index contributed by atoms with van der Waals surface area (Å²) >= 11 is 0. The Labute approximate surface area is 354 Å². The smallest absolute Gasteiger partial charge is 0.228 e. The lowest BCUT2D eigenvalue weighted by Crippen LogP contribution is -2.32. The van der Waals surface area contributed by atoms with Crippen LogP contribution < -0.4 is 9.47 Å². The number of hydrogen-bond donors (Lipinski definition) is 0. The van der Waals surface area contributed by atoms with Crippen LogP contribution in [0.3, 0.4) is 0 Å². The Morgan fingerprint density at radius 3 is 1.63 bits per heavy atom. The van der Waals surface area contributed by atoms with Gasteiger partial charge in [-0.1, -0.05) is 25.7 Å². The Balaban J connectivity index is 0.934.